The molecule has 3 aromatic rings. The lowest BCUT2D eigenvalue weighted by Gasteiger charge is -2.41. The van der Waals surface area contributed by atoms with E-state index in [2.05, 4.69) is 15.2 Å². The molecule has 1 amide bonds. The number of aryl methyl sites for hydroxylation is 1. The lowest BCUT2D eigenvalue weighted by Crippen LogP contribution is -2.54. The average molecular weight is 516 g/mol. The van der Waals surface area contributed by atoms with Crippen molar-refractivity contribution in [1.82, 2.24) is 19.8 Å². The number of hydrogen-bond donors (Lipinski definition) is 0. The molecule has 10 nitrogen and oxygen atoms in total. The highest BCUT2D eigenvalue weighted by molar-refractivity contribution is 6.32. The van der Waals surface area contributed by atoms with E-state index < -0.39 is 5.97 Å². The number of anilines is 1. The number of esters is 1. The smallest absolute Gasteiger partial charge is 0.342 e. The van der Waals surface area contributed by atoms with Gasteiger partial charge in [-0.1, -0.05) is 16.8 Å². The van der Waals surface area contributed by atoms with Gasteiger partial charge in [-0.15, -0.1) is 0 Å². The highest BCUT2D eigenvalue weighted by atomic mass is 35.5. The molecule has 192 valence electrons. The summed E-state index contributed by atoms with van der Waals surface area (Å²) in [7, 11) is 1.59. The van der Waals surface area contributed by atoms with E-state index in [0.717, 1.165) is 5.69 Å². The van der Waals surface area contributed by atoms with Gasteiger partial charge in [-0.3, -0.25) is 9.48 Å². The zero-order chi connectivity index (χ0) is 26.0. The van der Waals surface area contributed by atoms with Crippen molar-refractivity contribution in [2.24, 2.45) is 0 Å². The van der Waals surface area contributed by atoms with Crippen molar-refractivity contribution in [3.05, 3.63) is 46.3 Å². The molecule has 11 heteroatoms. The van der Waals surface area contributed by atoms with Gasteiger partial charge in [0.1, 0.15) is 35.0 Å². The molecule has 0 spiro atoms. The second kappa shape index (κ2) is 10.6. The predicted molar refractivity (Wildman–Crippen MR) is 135 cm³/mol. The van der Waals surface area contributed by atoms with Crippen molar-refractivity contribution in [1.29, 1.82) is 0 Å². The highest BCUT2D eigenvalue weighted by Gasteiger charge is 2.30. The van der Waals surface area contributed by atoms with E-state index in [1.807, 2.05) is 30.0 Å². The topological polar surface area (TPSA) is 103 Å². The SMILES string of the molecule is CCOC(=O)c1c(-c2cc(C)on2)nn(CC(=O)N2CCN(c3ccc(Cl)c(OC)c3)CC2C)c1C. The number of halogens is 1. The minimum absolute atomic E-state index is 0.00577. The number of nitrogens with zero attached hydrogens (tertiary/aromatic N) is 5. The molecule has 3 heterocycles. The Labute approximate surface area is 214 Å². The quantitative estimate of drug-likeness (QED) is 0.438. The van der Waals surface area contributed by atoms with Gasteiger partial charge in [-0.25, -0.2) is 4.79 Å². The molecule has 1 aromatic carbocycles. The molecule has 1 atom stereocenters. The fourth-order valence-electron chi connectivity index (χ4n) is 4.43. The van der Waals surface area contributed by atoms with Crippen LogP contribution in [0.1, 0.15) is 35.7 Å². The van der Waals surface area contributed by atoms with E-state index >= 15 is 0 Å². The minimum atomic E-state index is -0.510. The molecule has 1 unspecified atom stereocenters. The molecular weight excluding hydrogens is 486 g/mol. The number of methoxy groups -OCH3 is 1. The Morgan fingerprint density at radius 2 is 2.00 bits per heavy atom. The molecule has 1 aliphatic heterocycles. The third kappa shape index (κ3) is 5.04. The average Bonchev–Trinajstić information content (AvgIpc) is 3.42. The molecule has 1 fully saturated rings. The number of amides is 1. The molecule has 0 saturated carbocycles. The Hall–Kier alpha value is -3.53. The fourth-order valence-corrected chi connectivity index (χ4v) is 4.63. The predicted octanol–water partition coefficient (Wildman–Crippen LogP) is 3.73. The van der Waals surface area contributed by atoms with Crippen LogP contribution in [0.3, 0.4) is 0 Å². The van der Waals surface area contributed by atoms with E-state index in [9.17, 15) is 9.59 Å². The van der Waals surface area contributed by atoms with Crippen molar-refractivity contribution in [3.8, 4) is 17.1 Å². The molecule has 0 N–H and O–H groups in total. The summed E-state index contributed by atoms with van der Waals surface area (Å²) in [6.07, 6.45) is 0. The summed E-state index contributed by atoms with van der Waals surface area (Å²) in [5, 5.41) is 9.11. The number of rotatable bonds is 7. The van der Waals surface area contributed by atoms with Crippen LogP contribution in [-0.2, 0) is 16.1 Å². The summed E-state index contributed by atoms with van der Waals surface area (Å²) in [6.45, 7) is 9.35. The molecule has 1 aliphatic rings. The maximum absolute atomic E-state index is 13.3. The Balaban J connectivity index is 1.52. The minimum Gasteiger partial charge on any atom is -0.495 e. The van der Waals surface area contributed by atoms with Crippen molar-refractivity contribution in [2.45, 2.75) is 40.3 Å². The summed E-state index contributed by atoms with van der Waals surface area (Å²) in [5.74, 6) is 0.613. The summed E-state index contributed by atoms with van der Waals surface area (Å²) >= 11 is 6.17. The lowest BCUT2D eigenvalue weighted by molar-refractivity contribution is -0.134. The van der Waals surface area contributed by atoms with Gasteiger partial charge in [0.2, 0.25) is 5.91 Å². The zero-order valence-electron chi connectivity index (χ0n) is 21.1. The summed E-state index contributed by atoms with van der Waals surface area (Å²) in [5.41, 5.74) is 2.57. The van der Waals surface area contributed by atoms with Crippen molar-refractivity contribution in [2.75, 3.05) is 38.3 Å². The Morgan fingerprint density at radius 1 is 1.22 bits per heavy atom. The molecular formula is C25H30ClN5O5. The van der Waals surface area contributed by atoms with Crippen LogP contribution < -0.4 is 9.64 Å². The molecule has 1 saturated heterocycles. The van der Waals surface area contributed by atoms with E-state index in [4.69, 9.17) is 25.6 Å². The van der Waals surface area contributed by atoms with Crippen LogP contribution in [0.25, 0.3) is 11.4 Å². The van der Waals surface area contributed by atoms with Gasteiger partial charge in [0.05, 0.1) is 24.4 Å². The number of piperazine rings is 1. The maximum atomic E-state index is 13.3. The summed E-state index contributed by atoms with van der Waals surface area (Å²) in [6, 6.07) is 7.33. The van der Waals surface area contributed by atoms with Crippen molar-refractivity contribution >= 4 is 29.2 Å². The Morgan fingerprint density at radius 3 is 2.64 bits per heavy atom. The van der Waals surface area contributed by atoms with E-state index in [1.165, 1.54) is 4.68 Å². The van der Waals surface area contributed by atoms with Crippen LogP contribution in [0.4, 0.5) is 5.69 Å². The second-order valence-corrected chi connectivity index (χ2v) is 9.12. The first-order chi connectivity index (χ1) is 17.2. The van der Waals surface area contributed by atoms with Crippen LogP contribution in [-0.4, -0.2) is 71.1 Å². The van der Waals surface area contributed by atoms with Crippen LogP contribution >= 0.6 is 11.6 Å². The Kier molecular flexibility index (Phi) is 7.53. The molecule has 4 rings (SSSR count). The zero-order valence-corrected chi connectivity index (χ0v) is 21.8. The highest BCUT2D eigenvalue weighted by Crippen LogP contribution is 2.31. The summed E-state index contributed by atoms with van der Waals surface area (Å²) in [4.78, 5) is 30.1. The van der Waals surface area contributed by atoms with Gasteiger partial charge in [0, 0.05) is 43.5 Å². The third-order valence-corrected chi connectivity index (χ3v) is 6.60. The third-order valence-electron chi connectivity index (χ3n) is 6.29. The van der Waals surface area contributed by atoms with Crippen LogP contribution in [0, 0.1) is 13.8 Å². The summed E-state index contributed by atoms with van der Waals surface area (Å²) < 4.78 is 17.3. The normalized spacial score (nSPS) is 15.8. The van der Waals surface area contributed by atoms with Gasteiger partial charge in [-0.05, 0) is 39.8 Å². The number of hydrogen-bond acceptors (Lipinski definition) is 8. The van der Waals surface area contributed by atoms with Gasteiger partial charge in [0.15, 0.2) is 0 Å². The van der Waals surface area contributed by atoms with Crippen LogP contribution in [0.2, 0.25) is 5.02 Å². The first-order valence-corrected chi connectivity index (χ1v) is 12.2. The molecule has 0 radical (unpaired) electrons. The first kappa shape index (κ1) is 25.6. The molecule has 0 bridgehead atoms. The van der Waals surface area contributed by atoms with E-state index in [0.29, 0.717) is 53.2 Å². The van der Waals surface area contributed by atoms with Crippen LogP contribution in [0.5, 0.6) is 5.75 Å². The number of benzene rings is 1. The number of ether oxygens (including phenoxy) is 2. The van der Waals surface area contributed by atoms with Gasteiger partial charge >= 0.3 is 5.97 Å². The molecule has 2 aromatic heterocycles. The maximum Gasteiger partial charge on any atom is 0.342 e. The first-order valence-electron chi connectivity index (χ1n) is 11.8. The monoisotopic (exact) mass is 515 g/mol. The molecule has 0 aliphatic carbocycles. The van der Waals surface area contributed by atoms with Gasteiger partial charge in [-0.2, -0.15) is 5.10 Å². The number of aromatic nitrogens is 3. The standard InChI is InChI=1S/C25H30ClN5O5/c1-6-35-25(33)23-17(4)31(27-24(23)20-11-16(3)36-28-20)14-22(32)30-10-9-29(13-15(30)2)18-7-8-19(26)21(12-18)34-5/h7-8,11-12,15H,6,9-10,13-14H2,1-5H3. The van der Waals surface area contributed by atoms with Gasteiger partial charge < -0.3 is 23.8 Å². The lowest BCUT2D eigenvalue weighted by atomic mass is 10.1. The van der Waals surface area contributed by atoms with E-state index in [1.54, 1.807) is 33.9 Å². The second-order valence-electron chi connectivity index (χ2n) is 8.71. The number of carbonyl (C=O) groups is 2. The van der Waals surface area contributed by atoms with E-state index in [-0.39, 0.29) is 30.7 Å². The van der Waals surface area contributed by atoms with Crippen molar-refractivity contribution < 1.29 is 23.6 Å². The van der Waals surface area contributed by atoms with Gasteiger partial charge in [0.25, 0.3) is 0 Å². The number of carbonyl (C=O) groups excluding carboxylic acids is 2. The Bertz CT molecular complexity index is 1270. The van der Waals surface area contributed by atoms with Crippen molar-refractivity contribution in [3.63, 3.8) is 0 Å². The van der Waals surface area contributed by atoms with Crippen LogP contribution in [0.15, 0.2) is 28.8 Å². The largest absolute Gasteiger partial charge is 0.495 e. The fraction of sp³-hybridized carbons (Fsp3) is 0.440. The molecule has 36 heavy (non-hydrogen) atoms.